The Kier molecular flexibility index (Phi) is 2.55. The van der Waals surface area contributed by atoms with Gasteiger partial charge in [-0.2, -0.15) is 0 Å². The minimum atomic E-state index is 0.714. The molecule has 0 aromatic carbocycles. The zero-order valence-corrected chi connectivity index (χ0v) is 6.41. The van der Waals surface area contributed by atoms with Gasteiger partial charge >= 0.3 is 0 Å². The summed E-state index contributed by atoms with van der Waals surface area (Å²) in [6, 6.07) is 3.80. The maximum atomic E-state index is 7.04. The fourth-order valence-electron chi connectivity index (χ4n) is 0.871. The van der Waals surface area contributed by atoms with E-state index in [-0.39, 0.29) is 0 Å². The number of rotatable bonds is 2. The highest BCUT2D eigenvalue weighted by Gasteiger charge is 1.93. The molecule has 0 saturated heterocycles. The fourth-order valence-corrected chi connectivity index (χ4v) is 0.871. The van der Waals surface area contributed by atoms with Crippen LogP contribution in [0.1, 0.15) is 18.2 Å². The van der Waals surface area contributed by atoms with E-state index in [0.717, 1.165) is 5.56 Å². The number of aromatic nitrogens is 1. The van der Waals surface area contributed by atoms with Crippen LogP contribution in [-0.2, 0) is 0 Å². The van der Waals surface area contributed by atoms with Crippen LogP contribution in [0, 0.1) is 5.41 Å². The smallest absolute Gasteiger partial charge is 0.0877 e. The van der Waals surface area contributed by atoms with Crippen LogP contribution in [-0.4, -0.2) is 11.2 Å². The molecule has 1 aromatic heterocycles. The Labute approximate surface area is 66.1 Å². The van der Waals surface area contributed by atoms with Gasteiger partial charge in [-0.1, -0.05) is 18.2 Å². The first kappa shape index (κ1) is 7.66. The zero-order chi connectivity index (χ0) is 8.10. The first-order chi connectivity index (χ1) is 5.38. The number of nitrogens with zero attached hydrogens (tertiary/aromatic N) is 1. The summed E-state index contributed by atoms with van der Waals surface area (Å²) in [5.41, 5.74) is 1.70. The molecule has 0 fully saturated rings. The van der Waals surface area contributed by atoms with Crippen LogP contribution in [0.15, 0.2) is 24.4 Å². The minimum absolute atomic E-state index is 0.714. The first-order valence-electron chi connectivity index (χ1n) is 3.46. The fraction of sp³-hybridized carbons (Fsp3) is 0.111. The summed E-state index contributed by atoms with van der Waals surface area (Å²) in [6.07, 6.45) is 6.82. The SMILES string of the molecule is C/C=C\c1cccnc1C=N. The standard InChI is InChI=1S/C9H10N2/c1-2-4-8-5-3-6-11-9(8)7-10/h2-7,10H,1H3/b4-2-,10-7?. The number of allylic oxidation sites excluding steroid dienone is 1. The van der Waals surface area contributed by atoms with Crippen molar-refractivity contribution in [3.05, 3.63) is 35.7 Å². The van der Waals surface area contributed by atoms with Crippen LogP contribution < -0.4 is 0 Å². The van der Waals surface area contributed by atoms with Gasteiger partial charge in [-0.05, 0) is 13.0 Å². The Balaban J connectivity index is 3.11. The van der Waals surface area contributed by atoms with Gasteiger partial charge in [0.1, 0.15) is 0 Å². The van der Waals surface area contributed by atoms with Gasteiger partial charge in [-0.15, -0.1) is 0 Å². The molecule has 2 nitrogen and oxygen atoms in total. The second kappa shape index (κ2) is 3.66. The molecular weight excluding hydrogens is 136 g/mol. The lowest BCUT2D eigenvalue weighted by atomic mass is 10.2. The Bertz CT molecular complexity index is 277. The summed E-state index contributed by atoms with van der Waals surface area (Å²) >= 11 is 0. The molecule has 1 aromatic rings. The average molecular weight is 146 g/mol. The molecule has 0 unspecified atom stereocenters. The molecule has 0 atom stereocenters. The van der Waals surface area contributed by atoms with Crippen molar-refractivity contribution in [1.82, 2.24) is 4.98 Å². The van der Waals surface area contributed by atoms with Gasteiger partial charge in [0, 0.05) is 18.0 Å². The molecule has 0 spiro atoms. The van der Waals surface area contributed by atoms with E-state index < -0.39 is 0 Å². The van der Waals surface area contributed by atoms with Crippen molar-refractivity contribution in [3.63, 3.8) is 0 Å². The molecule has 2 heteroatoms. The van der Waals surface area contributed by atoms with E-state index in [1.807, 2.05) is 31.2 Å². The van der Waals surface area contributed by atoms with Crippen LogP contribution >= 0.6 is 0 Å². The summed E-state index contributed by atoms with van der Waals surface area (Å²) < 4.78 is 0. The Morgan fingerprint density at radius 3 is 3.00 bits per heavy atom. The predicted molar refractivity (Wildman–Crippen MR) is 46.8 cm³/mol. The van der Waals surface area contributed by atoms with Crippen molar-refractivity contribution in [1.29, 1.82) is 5.41 Å². The maximum absolute atomic E-state index is 7.04. The molecular formula is C9H10N2. The quantitative estimate of drug-likeness (QED) is 0.637. The molecule has 0 saturated carbocycles. The number of hydrogen-bond acceptors (Lipinski definition) is 2. The molecule has 0 radical (unpaired) electrons. The van der Waals surface area contributed by atoms with E-state index in [2.05, 4.69) is 4.98 Å². The summed E-state index contributed by atoms with van der Waals surface area (Å²) in [4.78, 5) is 4.02. The van der Waals surface area contributed by atoms with E-state index in [9.17, 15) is 0 Å². The molecule has 1 N–H and O–H groups in total. The summed E-state index contributed by atoms with van der Waals surface area (Å²) in [6.45, 7) is 1.95. The molecule has 0 aliphatic heterocycles. The van der Waals surface area contributed by atoms with Gasteiger partial charge in [0.25, 0.3) is 0 Å². The van der Waals surface area contributed by atoms with Crippen molar-refractivity contribution in [2.45, 2.75) is 6.92 Å². The predicted octanol–water partition coefficient (Wildman–Crippen LogP) is 2.11. The van der Waals surface area contributed by atoms with Gasteiger partial charge < -0.3 is 5.41 Å². The monoisotopic (exact) mass is 146 g/mol. The lowest BCUT2D eigenvalue weighted by molar-refractivity contribution is 1.28. The largest absolute Gasteiger partial charge is 0.306 e. The van der Waals surface area contributed by atoms with Crippen molar-refractivity contribution in [2.75, 3.05) is 0 Å². The second-order valence-electron chi connectivity index (χ2n) is 2.12. The van der Waals surface area contributed by atoms with E-state index >= 15 is 0 Å². The summed E-state index contributed by atoms with van der Waals surface area (Å²) in [5.74, 6) is 0. The molecule has 11 heavy (non-hydrogen) atoms. The van der Waals surface area contributed by atoms with Gasteiger partial charge in [-0.3, -0.25) is 4.98 Å². The molecule has 1 rings (SSSR count). The second-order valence-corrected chi connectivity index (χ2v) is 2.12. The number of nitrogens with one attached hydrogen (secondary N) is 1. The van der Waals surface area contributed by atoms with Crippen molar-refractivity contribution < 1.29 is 0 Å². The maximum Gasteiger partial charge on any atom is 0.0877 e. The highest BCUT2D eigenvalue weighted by atomic mass is 14.7. The van der Waals surface area contributed by atoms with Crippen LogP contribution in [0.2, 0.25) is 0 Å². The van der Waals surface area contributed by atoms with Crippen molar-refractivity contribution in [3.8, 4) is 0 Å². The zero-order valence-electron chi connectivity index (χ0n) is 6.41. The summed E-state index contributed by atoms with van der Waals surface area (Å²) in [5, 5.41) is 7.04. The highest BCUT2D eigenvalue weighted by molar-refractivity contribution is 5.80. The molecule has 1 heterocycles. The Morgan fingerprint density at radius 1 is 1.55 bits per heavy atom. The van der Waals surface area contributed by atoms with Crippen LogP contribution in [0.25, 0.3) is 6.08 Å². The van der Waals surface area contributed by atoms with Crippen LogP contribution in [0.4, 0.5) is 0 Å². The van der Waals surface area contributed by atoms with Crippen LogP contribution in [0.5, 0.6) is 0 Å². The Hall–Kier alpha value is -1.44. The number of hydrogen-bond donors (Lipinski definition) is 1. The Morgan fingerprint density at radius 2 is 2.36 bits per heavy atom. The molecule has 0 aliphatic carbocycles. The van der Waals surface area contributed by atoms with Gasteiger partial charge in [0.2, 0.25) is 0 Å². The van der Waals surface area contributed by atoms with E-state index in [1.54, 1.807) is 6.20 Å². The van der Waals surface area contributed by atoms with E-state index in [0.29, 0.717) is 5.69 Å². The minimum Gasteiger partial charge on any atom is -0.306 e. The number of pyridine rings is 1. The third-order valence-corrected chi connectivity index (χ3v) is 1.35. The molecule has 56 valence electrons. The summed E-state index contributed by atoms with van der Waals surface area (Å²) in [7, 11) is 0. The van der Waals surface area contributed by atoms with Gasteiger partial charge in [0.15, 0.2) is 0 Å². The third-order valence-electron chi connectivity index (χ3n) is 1.35. The molecule has 0 bridgehead atoms. The van der Waals surface area contributed by atoms with Gasteiger partial charge in [0.05, 0.1) is 5.69 Å². The average Bonchev–Trinajstić information content (AvgIpc) is 2.06. The lowest BCUT2D eigenvalue weighted by Crippen LogP contribution is -1.89. The topological polar surface area (TPSA) is 36.7 Å². The van der Waals surface area contributed by atoms with Crippen LogP contribution in [0.3, 0.4) is 0 Å². The van der Waals surface area contributed by atoms with E-state index in [4.69, 9.17) is 5.41 Å². The van der Waals surface area contributed by atoms with Gasteiger partial charge in [-0.25, -0.2) is 0 Å². The lowest BCUT2D eigenvalue weighted by Gasteiger charge is -1.95. The highest BCUT2D eigenvalue weighted by Crippen LogP contribution is 2.04. The molecule has 0 aliphatic rings. The normalized spacial score (nSPS) is 10.3. The first-order valence-corrected chi connectivity index (χ1v) is 3.46. The van der Waals surface area contributed by atoms with E-state index in [1.165, 1.54) is 6.21 Å². The third kappa shape index (κ3) is 1.74. The van der Waals surface area contributed by atoms with Crippen molar-refractivity contribution in [2.24, 2.45) is 0 Å². The van der Waals surface area contributed by atoms with Crippen molar-refractivity contribution >= 4 is 12.3 Å². The molecule has 0 amide bonds.